The lowest BCUT2D eigenvalue weighted by atomic mass is 10.1. The molecule has 3 rings (SSSR count). The summed E-state index contributed by atoms with van der Waals surface area (Å²) in [6.45, 7) is -1.63. The second-order valence-electron chi connectivity index (χ2n) is 7.47. The van der Waals surface area contributed by atoms with Gasteiger partial charge in [0.15, 0.2) is 6.61 Å². The highest BCUT2D eigenvalue weighted by atomic mass is 35.5. The van der Waals surface area contributed by atoms with E-state index in [0.717, 1.165) is 17.8 Å². The number of ether oxygens (including phenoxy) is 2. The summed E-state index contributed by atoms with van der Waals surface area (Å²) in [5.74, 6) is -3.10. The molecule has 0 saturated heterocycles. The molecule has 2 aromatic carbocycles. The molecule has 0 aliphatic carbocycles. The molecule has 1 heterocycles. The number of carbonyl (C=O) groups is 3. The minimum Gasteiger partial charge on any atom is -0.468 e. The number of halogens is 1. The highest BCUT2D eigenvalue weighted by molar-refractivity contribution is 6.32. The third-order valence-electron chi connectivity index (χ3n) is 5.09. The van der Waals surface area contributed by atoms with Crippen molar-refractivity contribution in [2.75, 3.05) is 19.5 Å². The quantitative estimate of drug-likeness (QED) is 0.261. The monoisotopic (exact) mass is 511 g/mol. The van der Waals surface area contributed by atoms with Gasteiger partial charge in [-0.2, -0.15) is 0 Å². The maximum atomic E-state index is 13.0. The summed E-state index contributed by atoms with van der Waals surface area (Å²) in [6, 6.07) is 15.5. The van der Waals surface area contributed by atoms with Crippen molar-refractivity contribution in [1.82, 2.24) is 9.13 Å². The zero-order valence-corrected chi connectivity index (χ0v) is 19.9. The van der Waals surface area contributed by atoms with Crippen LogP contribution in [0.1, 0.15) is 21.5 Å². The Kier molecular flexibility index (Phi) is 8.58. The summed E-state index contributed by atoms with van der Waals surface area (Å²) >= 11 is 6.03. The lowest BCUT2D eigenvalue weighted by Gasteiger charge is -2.16. The number of benzene rings is 2. The van der Waals surface area contributed by atoms with E-state index in [9.17, 15) is 24.0 Å². The van der Waals surface area contributed by atoms with Crippen molar-refractivity contribution < 1.29 is 23.9 Å². The smallest absolute Gasteiger partial charge is 0.333 e. The predicted octanol–water partition coefficient (Wildman–Crippen LogP) is 1.91. The Morgan fingerprint density at radius 2 is 1.67 bits per heavy atom. The van der Waals surface area contributed by atoms with Crippen LogP contribution in [0.4, 0.5) is 5.82 Å². The van der Waals surface area contributed by atoms with Gasteiger partial charge < -0.3 is 15.2 Å². The van der Waals surface area contributed by atoms with Crippen LogP contribution in [0.5, 0.6) is 0 Å². The van der Waals surface area contributed by atoms with Gasteiger partial charge in [-0.1, -0.05) is 60.1 Å². The second kappa shape index (κ2) is 11.8. The normalized spacial score (nSPS) is 10.8. The minimum atomic E-state index is -1.10. The highest BCUT2D eigenvalue weighted by Gasteiger charge is 2.25. The number of anilines is 1. The van der Waals surface area contributed by atoms with Crippen LogP contribution in [0, 0.1) is 0 Å². The van der Waals surface area contributed by atoms with E-state index in [1.165, 1.54) is 6.08 Å². The Morgan fingerprint density at radius 1 is 1.00 bits per heavy atom. The molecule has 0 aliphatic rings. The van der Waals surface area contributed by atoms with Crippen LogP contribution in [-0.2, 0) is 32.2 Å². The van der Waals surface area contributed by atoms with Crippen molar-refractivity contribution in [3.8, 4) is 0 Å². The first-order chi connectivity index (χ1) is 17.2. The van der Waals surface area contributed by atoms with Gasteiger partial charge in [0, 0.05) is 11.1 Å². The number of hydrogen-bond acceptors (Lipinski definition) is 8. The van der Waals surface area contributed by atoms with Gasteiger partial charge in [-0.15, -0.1) is 0 Å². The maximum absolute atomic E-state index is 13.0. The number of aromatic nitrogens is 2. The number of rotatable bonds is 9. The van der Waals surface area contributed by atoms with Crippen LogP contribution < -0.4 is 17.0 Å². The van der Waals surface area contributed by atoms with Crippen LogP contribution in [-0.4, -0.2) is 40.6 Å². The van der Waals surface area contributed by atoms with Crippen LogP contribution >= 0.6 is 11.6 Å². The van der Waals surface area contributed by atoms with Crippen molar-refractivity contribution >= 4 is 41.2 Å². The summed E-state index contributed by atoms with van der Waals surface area (Å²) in [5.41, 5.74) is 4.70. The highest BCUT2D eigenvalue weighted by Crippen LogP contribution is 2.16. The standard InChI is InChI=1S/C25H22ClN3O7/c1-35-21(32)14-29-24(33)22(23(27)28(25(29)34)13-16-7-3-2-4-8-16)19(30)15-36-20(31)12-11-17-9-5-6-10-18(17)26/h2-12H,13-15,27H2,1H3/b12-11+. The van der Waals surface area contributed by atoms with Crippen LogP contribution in [0.25, 0.3) is 6.08 Å². The van der Waals surface area contributed by atoms with E-state index in [0.29, 0.717) is 20.7 Å². The number of carbonyl (C=O) groups excluding carboxylic acids is 3. The largest absolute Gasteiger partial charge is 0.468 e. The number of esters is 2. The van der Waals surface area contributed by atoms with Gasteiger partial charge in [-0.3, -0.25) is 19.0 Å². The zero-order valence-electron chi connectivity index (χ0n) is 19.2. The number of nitrogen functional groups attached to an aromatic ring is 1. The Bertz CT molecular complexity index is 1440. The first kappa shape index (κ1) is 26.2. The topological polar surface area (TPSA) is 140 Å². The van der Waals surface area contributed by atoms with Crippen LogP contribution in [0.2, 0.25) is 5.02 Å². The number of nitrogens with zero attached hydrogens (tertiary/aromatic N) is 2. The van der Waals surface area contributed by atoms with Gasteiger partial charge in [-0.25, -0.2) is 14.2 Å². The van der Waals surface area contributed by atoms with Gasteiger partial charge in [0.05, 0.1) is 13.7 Å². The maximum Gasteiger partial charge on any atom is 0.333 e. The van der Waals surface area contributed by atoms with Crippen molar-refractivity contribution in [3.63, 3.8) is 0 Å². The average molecular weight is 512 g/mol. The van der Waals surface area contributed by atoms with E-state index < -0.39 is 53.5 Å². The predicted molar refractivity (Wildman–Crippen MR) is 133 cm³/mol. The molecule has 186 valence electrons. The molecule has 0 spiro atoms. The summed E-state index contributed by atoms with van der Waals surface area (Å²) in [6.07, 6.45) is 2.48. The first-order valence-corrected chi connectivity index (χ1v) is 11.0. The molecule has 2 N–H and O–H groups in total. The molecular formula is C25H22ClN3O7. The molecule has 3 aromatic rings. The fourth-order valence-electron chi connectivity index (χ4n) is 3.25. The molecule has 1 aromatic heterocycles. The van der Waals surface area contributed by atoms with Gasteiger partial charge >= 0.3 is 17.6 Å². The van der Waals surface area contributed by atoms with Crippen molar-refractivity contribution in [3.05, 3.63) is 103 Å². The molecule has 0 bridgehead atoms. The average Bonchev–Trinajstić information content (AvgIpc) is 2.88. The Labute approximate surface area is 210 Å². The Balaban J connectivity index is 1.91. The fraction of sp³-hybridized carbons (Fsp3) is 0.160. The lowest BCUT2D eigenvalue weighted by Crippen LogP contribution is -2.46. The van der Waals surface area contributed by atoms with Gasteiger partial charge in [0.1, 0.15) is 17.9 Å². The minimum absolute atomic E-state index is 0.0758. The molecule has 11 heteroatoms. The van der Waals surface area contributed by atoms with Crippen LogP contribution in [0.15, 0.2) is 70.3 Å². The van der Waals surface area contributed by atoms with Gasteiger partial charge in [0.2, 0.25) is 5.78 Å². The number of ketones is 1. The summed E-state index contributed by atoms with van der Waals surface area (Å²) < 4.78 is 11.1. The molecule has 0 fully saturated rings. The summed E-state index contributed by atoms with van der Waals surface area (Å²) in [7, 11) is 1.09. The molecule has 0 radical (unpaired) electrons. The first-order valence-electron chi connectivity index (χ1n) is 10.6. The third kappa shape index (κ3) is 6.16. The third-order valence-corrected chi connectivity index (χ3v) is 5.44. The van der Waals surface area contributed by atoms with Gasteiger partial charge in [0.25, 0.3) is 5.56 Å². The molecular weight excluding hydrogens is 490 g/mol. The molecule has 36 heavy (non-hydrogen) atoms. The summed E-state index contributed by atoms with van der Waals surface area (Å²) in [4.78, 5) is 62.8. The number of methoxy groups -OCH3 is 1. The van der Waals surface area contributed by atoms with E-state index in [4.69, 9.17) is 22.1 Å². The van der Waals surface area contributed by atoms with E-state index in [2.05, 4.69) is 4.74 Å². The molecule has 10 nitrogen and oxygen atoms in total. The SMILES string of the molecule is COC(=O)Cn1c(=O)c(C(=O)COC(=O)/C=C/c2ccccc2Cl)c(N)n(Cc2ccccc2)c1=O. The molecule has 0 saturated carbocycles. The number of nitrogens with two attached hydrogens (primary N) is 1. The number of hydrogen-bond donors (Lipinski definition) is 1. The van der Waals surface area contributed by atoms with E-state index in [-0.39, 0.29) is 6.54 Å². The summed E-state index contributed by atoms with van der Waals surface area (Å²) in [5, 5.41) is 0.414. The Hall–Kier alpha value is -4.44. The van der Waals surface area contributed by atoms with E-state index >= 15 is 0 Å². The van der Waals surface area contributed by atoms with Crippen molar-refractivity contribution in [2.45, 2.75) is 13.1 Å². The van der Waals surface area contributed by atoms with E-state index in [1.54, 1.807) is 54.6 Å². The van der Waals surface area contributed by atoms with Crippen molar-refractivity contribution in [2.24, 2.45) is 0 Å². The zero-order chi connectivity index (χ0) is 26.2. The number of Topliss-reactive ketones (excluding diaryl/α,β-unsaturated/α-hetero) is 1. The lowest BCUT2D eigenvalue weighted by molar-refractivity contribution is -0.141. The second-order valence-corrected chi connectivity index (χ2v) is 7.87. The molecule has 0 atom stereocenters. The Morgan fingerprint density at radius 3 is 2.33 bits per heavy atom. The van der Waals surface area contributed by atoms with Gasteiger partial charge in [-0.05, 0) is 23.3 Å². The molecule has 0 unspecified atom stereocenters. The van der Waals surface area contributed by atoms with Crippen LogP contribution in [0.3, 0.4) is 0 Å². The van der Waals surface area contributed by atoms with Crippen molar-refractivity contribution in [1.29, 1.82) is 0 Å². The van der Waals surface area contributed by atoms with E-state index in [1.807, 2.05) is 0 Å². The molecule has 0 aliphatic heterocycles. The molecule has 0 amide bonds. The fourth-order valence-corrected chi connectivity index (χ4v) is 3.45.